The van der Waals surface area contributed by atoms with Gasteiger partial charge in [-0.1, -0.05) is 15.9 Å². The molecular formula is C20H19Br2N3O3. The third kappa shape index (κ3) is 4.28. The van der Waals surface area contributed by atoms with E-state index >= 15 is 0 Å². The summed E-state index contributed by atoms with van der Waals surface area (Å²) in [4.78, 5) is 17.3. The second-order valence-corrected chi connectivity index (χ2v) is 7.64. The van der Waals surface area contributed by atoms with Gasteiger partial charge in [-0.15, -0.1) is 0 Å². The van der Waals surface area contributed by atoms with Crippen molar-refractivity contribution >= 4 is 49.0 Å². The molecule has 0 fully saturated rings. The van der Waals surface area contributed by atoms with Crippen molar-refractivity contribution in [2.45, 2.75) is 20.8 Å². The molecule has 1 aromatic heterocycles. The van der Waals surface area contributed by atoms with E-state index in [1.54, 1.807) is 25.3 Å². The molecule has 0 saturated heterocycles. The Morgan fingerprint density at radius 2 is 1.79 bits per heavy atom. The second kappa shape index (κ2) is 8.87. The van der Waals surface area contributed by atoms with Gasteiger partial charge in [-0.3, -0.25) is 4.79 Å². The minimum absolute atomic E-state index is 0.229. The van der Waals surface area contributed by atoms with Crippen LogP contribution in [0.25, 0.3) is 10.9 Å². The topological polar surface area (TPSA) is 65.7 Å². The lowest BCUT2D eigenvalue weighted by Crippen LogP contribution is -2.20. The first kappa shape index (κ1) is 20.5. The summed E-state index contributed by atoms with van der Waals surface area (Å²) >= 11 is 6.92. The van der Waals surface area contributed by atoms with Gasteiger partial charge in [-0.05, 0) is 67.0 Å². The Bertz CT molecular complexity index is 1110. The molecular weight excluding hydrogens is 490 g/mol. The third-order valence-electron chi connectivity index (χ3n) is 3.95. The zero-order valence-electron chi connectivity index (χ0n) is 15.7. The minimum Gasteiger partial charge on any atom is -0.490 e. The van der Waals surface area contributed by atoms with Crippen LogP contribution in [0.4, 0.5) is 0 Å². The monoisotopic (exact) mass is 507 g/mol. The van der Waals surface area contributed by atoms with Crippen molar-refractivity contribution < 1.29 is 9.47 Å². The van der Waals surface area contributed by atoms with E-state index in [0.717, 1.165) is 14.5 Å². The fourth-order valence-electron chi connectivity index (χ4n) is 2.70. The number of hydrogen-bond acceptors (Lipinski definition) is 5. The molecule has 0 radical (unpaired) electrons. The normalized spacial score (nSPS) is 11.3. The maximum atomic E-state index is 12.8. The highest BCUT2D eigenvalue weighted by Gasteiger charge is 2.11. The first-order valence-corrected chi connectivity index (χ1v) is 10.4. The number of hydrogen-bond donors (Lipinski definition) is 0. The number of halogens is 2. The van der Waals surface area contributed by atoms with Gasteiger partial charge in [0.15, 0.2) is 11.5 Å². The molecule has 0 unspecified atom stereocenters. The van der Waals surface area contributed by atoms with Crippen molar-refractivity contribution in [2.24, 2.45) is 5.10 Å². The van der Waals surface area contributed by atoms with Gasteiger partial charge in [0.2, 0.25) is 0 Å². The summed E-state index contributed by atoms with van der Waals surface area (Å²) in [6.45, 7) is 6.62. The highest BCUT2D eigenvalue weighted by atomic mass is 79.9. The Kier molecular flexibility index (Phi) is 6.51. The predicted molar refractivity (Wildman–Crippen MR) is 118 cm³/mol. The average Bonchev–Trinajstić information content (AvgIpc) is 2.65. The van der Waals surface area contributed by atoms with Crippen LogP contribution in [0.15, 0.2) is 49.2 Å². The number of benzene rings is 2. The van der Waals surface area contributed by atoms with E-state index < -0.39 is 0 Å². The second-order valence-electron chi connectivity index (χ2n) is 5.87. The van der Waals surface area contributed by atoms with Gasteiger partial charge in [0.1, 0.15) is 5.82 Å². The molecule has 3 aromatic rings. The molecule has 0 bridgehead atoms. The summed E-state index contributed by atoms with van der Waals surface area (Å²) in [5, 5.41) is 4.87. The molecule has 0 spiro atoms. The Morgan fingerprint density at radius 1 is 1.11 bits per heavy atom. The van der Waals surface area contributed by atoms with E-state index in [1.165, 1.54) is 4.68 Å². The van der Waals surface area contributed by atoms with Crippen LogP contribution in [0, 0.1) is 6.92 Å². The van der Waals surface area contributed by atoms with Crippen molar-refractivity contribution in [3.63, 3.8) is 0 Å². The Labute approximate surface area is 179 Å². The van der Waals surface area contributed by atoms with Crippen LogP contribution in [-0.4, -0.2) is 29.1 Å². The molecule has 146 valence electrons. The zero-order valence-corrected chi connectivity index (χ0v) is 18.9. The van der Waals surface area contributed by atoms with E-state index in [9.17, 15) is 4.79 Å². The van der Waals surface area contributed by atoms with Crippen molar-refractivity contribution in [2.75, 3.05) is 13.2 Å². The van der Waals surface area contributed by atoms with Crippen LogP contribution in [0.1, 0.15) is 25.2 Å². The molecule has 0 atom stereocenters. The van der Waals surface area contributed by atoms with Crippen LogP contribution in [-0.2, 0) is 0 Å². The summed E-state index contributed by atoms with van der Waals surface area (Å²) in [7, 11) is 0. The lowest BCUT2D eigenvalue weighted by molar-refractivity contribution is 0.287. The van der Waals surface area contributed by atoms with E-state index in [0.29, 0.717) is 41.4 Å². The van der Waals surface area contributed by atoms with Crippen LogP contribution >= 0.6 is 31.9 Å². The number of nitrogens with zero attached hydrogens (tertiary/aromatic N) is 3. The van der Waals surface area contributed by atoms with E-state index in [-0.39, 0.29) is 5.56 Å². The smallest absolute Gasteiger partial charge is 0.282 e. The average molecular weight is 509 g/mol. The Morgan fingerprint density at radius 3 is 2.46 bits per heavy atom. The van der Waals surface area contributed by atoms with Crippen molar-refractivity contribution in [1.29, 1.82) is 0 Å². The standard InChI is InChI=1S/C20H19Br2N3O3/c1-4-27-18-8-13(16(22)10-19(18)28-5-2)11-23-25-12(3)24-17-7-6-14(21)9-15(17)20(25)26/h6-11H,4-5H2,1-3H3. The first-order chi connectivity index (χ1) is 13.4. The molecule has 0 amide bonds. The summed E-state index contributed by atoms with van der Waals surface area (Å²) in [5.74, 6) is 1.78. The van der Waals surface area contributed by atoms with Gasteiger partial charge in [0.25, 0.3) is 5.56 Å². The molecule has 0 aliphatic heterocycles. The zero-order chi connectivity index (χ0) is 20.3. The maximum Gasteiger partial charge on any atom is 0.282 e. The highest BCUT2D eigenvalue weighted by molar-refractivity contribution is 9.10. The van der Waals surface area contributed by atoms with Crippen LogP contribution < -0.4 is 15.0 Å². The van der Waals surface area contributed by atoms with Gasteiger partial charge in [-0.25, -0.2) is 4.98 Å². The molecule has 0 saturated carbocycles. The number of aromatic nitrogens is 2. The van der Waals surface area contributed by atoms with Crippen LogP contribution in [0.3, 0.4) is 0 Å². The SMILES string of the molecule is CCOc1cc(Br)c(C=Nn2c(C)nc3ccc(Br)cc3c2=O)cc1OCC. The van der Waals surface area contributed by atoms with Crippen molar-refractivity contribution in [3.05, 3.63) is 61.0 Å². The number of ether oxygens (including phenoxy) is 2. The maximum absolute atomic E-state index is 12.8. The molecule has 3 rings (SSSR count). The van der Waals surface area contributed by atoms with Crippen LogP contribution in [0.5, 0.6) is 11.5 Å². The van der Waals surface area contributed by atoms with E-state index in [2.05, 4.69) is 41.9 Å². The largest absolute Gasteiger partial charge is 0.490 e. The minimum atomic E-state index is -0.229. The van der Waals surface area contributed by atoms with Crippen LogP contribution in [0.2, 0.25) is 0 Å². The number of rotatable bonds is 6. The first-order valence-electron chi connectivity index (χ1n) is 8.77. The predicted octanol–water partition coefficient (Wildman–Crippen LogP) is 4.91. The molecule has 0 N–H and O–H groups in total. The number of aryl methyl sites for hydroxylation is 1. The fourth-order valence-corrected chi connectivity index (χ4v) is 3.49. The Hall–Kier alpha value is -2.19. The van der Waals surface area contributed by atoms with Gasteiger partial charge in [0, 0.05) is 14.5 Å². The molecule has 2 aromatic carbocycles. The highest BCUT2D eigenvalue weighted by Crippen LogP contribution is 2.33. The summed E-state index contributed by atoms with van der Waals surface area (Å²) in [5.41, 5.74) is 1.16. The summed E-state index contributed by atoms with van der Waals surface area (Å²) in [6, 6.07) is 9.07. The van der Waals surface area contributed by atoms with Crippen molar-refractivity contribution in [3.8, 4) is 11.5 Å². The molecule has 0 aliphatic rings. The summed E-state index contributed by atoms with van der Waals surface area (Å²) < 4.78 is 14.2. The lowest BCUT2D eigenvalue weighted by Gasteiger charge is -2.12. The van der Waals surface area contributed by atoms with E-state index in [4.69, 9.17) is 9.47 Å². The fraction of sp³-hybridized carbons (Fsp3) is 0.250. The summed E-state index contributed by atoms with van der Waals surface area (Å²) in [6.07, 6.45) is 1.60. The molecule has 1 heterocycles. The molecule has 8 heteroatoms. The third-order valence-corrected chi connectivity index (χ3v) is 5.13. The van der Waals surface area contributed by atoms with Crippen molar-refractivity contribution in [1.82, 2.24) is 9.66 Å². The van der Waals surface area contributed by atoms with Gasteiger partial charge in [-0.2, -0.15) is 9.78 Å². The molecule has 0 aliphatic carbocycles. The van der Waals surface area contributed by atoms with E-state index in [1.807, 2.05) is 32.0 Å². The molecule has 28 heavy (non-hydrogen) atoms. The quantitative estimate of drug-likeness (QED) is 0.444. The number of fused-ring (bicyclic) bond motifs is 1. The van der Waals surface area contributed by atoms with Gasteiger partial charge >= 0.3 is 0 Å². The van der Waals surface area contributed by atoms with Gasteiger partial charge in [0.05, 0.1) is 30.3 Å². The lowest BCUT2D eigenvalue weighted by atomic mass is 10.2. The molecule has 6 nitrogen and oxygen atoms in total. The Balaban J connectivity index is 2.06. The van der Waals surface area contributed by atoms with Gasteiger partial charge < -0.3 is 9.47 Å².